The maximum atomic E-state index is 13.5. The largest absolute Gasteiger partial charge is 0.394 e. The van der Waals surface area contributed by atoms with Crippen molar-refractivity contribution in [2.45, 2.75) is 471 Å². The Kier molecular flexibility index (Phi) is 63.6. The van der Waals surface area contributed by atoms with Crippen molar-refractivity contribution >= 4 is 5.91 Å². The van der Waals surface area contributed by atoms with Crippen molar-refractivity contribution in [3.63, 3.8) is 0 Å². The maximum absolute atomic E-state index is 13.5. The molecule has 3 fully saturated rings. The zero-order valence-corrected chi connectivity index (χ0v) is 68.1. The third-order valence-corrected chi connectivity index (χ3v) is 22.0. The summed E-state index contributed by atoms with van der Waals surface area (Å²) in [6.45, 7) is 1.76. The van der Waals surface area contributed by atoms with Crippen LogP contribution in [-0.4, -0.2) is 193 Å². The van der Waals surface area contributed by atoms with Crippen LogP contribution in [0.2, 0.25) is 0 Å². The Hall–Kier alpha value is -2.51. The average Bonchev–Trinajstić information content (AvgIpc) is 0.779. The molecule has 0 saturated carbocycles. The van der Waals surface area contributed by atoms with Crippen molar-refractivity contribution in [2.24, 2.45) is 0 Å². The first kappa shape index (κ1) is 99.7. The number of aliphatic hydroxyl groups excluding tert-OH is 11. The van der Waals surface area contributed by atoms with E-state index in [1.165, 1.54) is 283 Å². The third-order valence-electron chi connectivity index (χ3n) is 22.0. The minimum Gasteiger partial charge on any atom is -0.394 e. The second kappa shape index (κ2) is 68.9. The quantitative estimate of drug-likeness (QED) is 0.0199. The predicted molar refractivity (Wildman–Crippen MR) is 434 cm³/mol. The van der Waals surface area contributed by atoms with Crippen molar-refractivity contribution in [1.82, 2.24) is 5.32 Å². The third kappa shape index (κ3) is 47.4. The molecule has 108 heavy (non-hydrogen) atoms. The van der Waals surface area contributed by atoms with Gasteiger partial charge < -0.3 is 89.9 Å². The molecule has 0 bridgehead atoms. The molecule has 0 radical (unpaired) electrons. The van der Waals surface area contributed by atoms with E-state index in [-0.39, 0.29) is 18.9 Å². The van der Waals surface area contributed by atoms with E-state index < -0.39 is 124 Å². The highest BCUT2D eigenvalue weighted by Crippen LogP contribution is 2.33. The van der Waals surface area contributed by atoms with E-state index in [1.807, 2.05) is 6.08 Å². The number of unbranched alkanes of at least 4 members (excludes halogenated alkanes) is 48. The number of carbonyl (C=O) groups excluding carboxylic acids is 1. The van der Waals surface area contributed by atoms with E-state index in [2.05, 4.69) is 67.8 Å². The van der Waals surface area contributed by atoms with Gasteiger partial charge in [-0.1, -0.05) is 351 Å². The molecule has 0 aromatic rings. The summed E-state index contributed by atoms with van der Waals surface area (Å²) in [6, 6.07) is -0.994. The van der Waals surface area contributed by atoms with Gasteiger partial charge in [0, 0.05) is 6.42 Å². The number of hydrogen-bond acceptors (Lipinski definition) is 18. The topological polar surface area (TPSA) is 307 Å². The van der Waals surface area contributed by atoms with E-state index in [0.717, 1.165) is 51.4 Å². The Morgan fingerprint density at radius 1 is 0.333 bits per heavy atom. The molecule has 3 heterocycles. The molecule has 0 spiro atoms. The standard InChI is InChI=1S/C89H163NO18/c1-3-5-7-9-11-13-15-17-19-21-23-25-27-29-31-33-35-37-38-40-42-44-46-48-50-52-54-56-58-60-62-64-66-73(94)72(90-77(95)67-65-63-61-59-57-55-53-51-49-47-45-43-41-39-36-34-32-30-28-26-24-22-20-18-16-14-12-10-8-6-4-2)71-103-87-83(101)80(98)85(75(69-92)105-87)108-89-84(102)81(99)86(76(70-93)106-89)107-88-82(100)79(97)78(96)74(68-91)104-88/h16,18,22,24,28,30,56,58,64,66,72-76,78-89,91-94,96-102H,3-15,17,19-21,23,25-27,29,31-55,57,59-63,65,67-71H2,1-2H3,(H,90,95)/b18-16-,24-22-,30-28-,58-56+,66-64+. The first-order valence-electron chi connectivity index (χ1n) is 44.5. The summed E-state index contributed by atoms with van der Waals surface area (Å²) in [5, 5.41) is 121. The van der Waals surface area contributed by atoms with Gasteiger partial charge in [0.05, 0.1) is 38.6 Å². The van der Waals surface area contributed by atoms with Crippen LogP contribution in [0, 0.1) is 0 Å². The first-order valence-corrected chi connectivity index (χ1v) is 44.5. The fourth-order valence-electron chi connectivity index (χ4n) is 14.9. The van der Waals surface area contributed by atoms with Crippen LogP contribution in [0.3, 0.4) is 0 Å². The van der Waals surface area contributed by atoms with Gasteiger partial charge >= 0.3 is 0 Å². The zero-order valence-electron chi connectivity index (χ0n) is 68.1. The number of hydrogen-bond donors (Lipinski definition) is 12. The summed E-state index contributed by atoms with van der Waals surface area (Å²) >= 11 is 0. The molecule has 0 aliphatic carbocycles. The van der Waals surface area contributed by atoms with Crippen LogP contribution in [0.4, 0.5) is 0 Å². The van der Waals surface area contributed by atoms with Crippen molar-refractivity contribution in [3.05, 3.63) is 60.8 Å². The summed E-state index contributed by atoms with van der Waals surface area (Å²) in [5.74, 6) is -0.281. The number of ether oxygens (including phenoxy) is 6. The maximum Gasteiger partial charge on any atom is 0.220 e. The molecule has 3 aliphatic heterocycles. The molecule has 3 saturated heterocycles. The Balaban J connectivity index is 1.35. The molecule has 12 N–H and O–H groups in total. The summed E-state index contributed by atoms with van der Waals surface area (Å²) in [6.07, 6.45) is 63.7. The molecule has 17 unspecified atom stereocenters. The van der Waals surface area contributed by atoms with Crippen LogP contribution in [0.25, 0.3) is 0 Å². The summed E-state index contributed by atoms with van der Waals surface area (Å²) in [5.41, 5.74) is 0. The molecule has 0 aromatic heterocycles. The lowest BCUT2D eigenvalue weighted by Crippen LogP contribution is -2.66. The average molecular weight is 1540 g/mol. The number of rotatable bonds is 72. The molecule has 0 aromatic carbocycles. The fraction of sp³-hybridized carbons (Fsp3) is 0.876. The summed E-state index contributed by atoms with van der Waals surface area (Å²) in [7, 11) is 0. The lowest BCUT2D eigenvalue weighted by molar-refractivity contribution is -0.379. The Bertz CT molecular complexity index is 2180. The first-order chi connectivity index (χ1) is 52.8. The second-order valence-corrected chi connectivity index (χ2v) is 31.7. The van der Waals surface area contributed by atoms with Crippen molar-refractivity contribution in [2.75, 3.05) is 26.4 Å². The van der Waals surface area contributed by atoms with Gasteiger partial charge in [0.15, 0.2) is 18.9 Å². The van der Waals surface area contributed by atoms with Crippen molar-refractivity contribution in [1.29, 1.82) is 0 Å². The van der Waals surface area contributed by atoms with E-state index >= 15 is 0 Å². The van der Waals surface area contributed by atoms with Gasteiger partial charge in [-0.15, -0.1) is 0 Å². The molecule has 19 nitrogen and oxygen atoms in total. The van der Waals surface area contributed by atoms with Gasteiger partial charge in [0.25, 0.3) is 0 Å². The Labute approximate surface area is 656 Å². The molecule has 3 rings (SSSR count). The predicted octanol–water partition coefficient (Wildman–Crippen LogP) is 16.6. The summed E-state index contributed by atoms with van der Waals surface area (Å²) < 4.78 is 34.5. The molecule has 632 valence electrons. The molecular formula is C89H163NO18. The SMILES string of the molecule is CCCCCCC/C=C\C/C=C\C/C=C\CCCCCCCCCCCCCCCCCCC(=O)NC(COC1OC(CO)C(OC2OC(CO)C(OC3OC(CO)C(O)C(O)C3O)C(O)C2O)C(O)C1O)C(O)/C=C/CC/C=C/CCCCCCCCCCCCCCCCCCCCCCCCCCCC. The number of amides is 1. The van der Waals surface area contributed by atoms with Gasteiger partial charge in [0.1, 0.15) is 73.2 Å². The minimum absolute atomic E-state index is 0.235. The van der Waals surface area contributed by atoms with Gasteiger partial charge in [-0.3, -0.25) is 4.79 Å². The highest BCUT2D eigenvalue weighted by Gasteiger charge is 2.54. The second-order valence-electron chi connectivity index (χ2n) is 31.7. The molecule has 3 aliphatic rings. The normalized spacial score (nSPS) is 25.7. The number of allylic oxidation sites excluding steroid dienone is 9. The van der Waals surface area contributed by atoms with Crippen LogP contribution in [0.5, 0.6) is 0 Å². The van der Waals surface area contributed by atoms with Gasteiger partial charge in [-0.25, -0.2) is 0 Å². The van der Waals surface area contributed by atoms with E-state index in [1.54, 1.807) is 6.08 Å². The lowest BCUT2D eigenvalue weighted by atomic mass is 9.96. The minimum atomic E-state index is -1.98. The van der Waals surface area contributed by atoms with Crippen LogP contribution >= 0.6 is 0 Å². The Morgan fingerprint density at radius 3 is 0.991 bits per heavy atom. The monoisotopic (exact) mass is 1530 g/mol. The highest BCUT2D eigenvalue weighted by atomic mass is 16.8. The van der Waals surface area contributed by atoms with Gasteiger partial charge in [-0.05, 0) is 70.6 Å². The summed E-state index contributed by atoms with van der Waals surface area (Å²) in [4.78, 5) is 13.5. The van der Waals surface area contributed by atoms with Gasteiger partial charge in [-0.2, -0.15) is 0 Å². The molecular weight excluding hydrogens is 1370 g/mol. The highest BCUT2D eigenvalue weighted by molar-refractivity contribution is 5.76. The van der Waals surface area contributed by atoms with Crippen molar-refractivity contribution < 1.29 is 89.4 Å². The van der Waals surface area contributed by atoms with Crippen molar-refractivity contribution in [3.8, 4) is 0 Å². The molecule has 1 amide bonds. The number of aliphatic hydroxyl groups is 11. The van der Waals surface area contributed by atoms with E-state index in [4.69, 9.17) is 28.4 Å². The van der Waals surface area contributed by atoms with Crippen LogP contribution < -0.4 is 5.32 Å². The number of carbonyl (C=O) groups is 1. The smallest absolute Gasteiger partial charge is 0.220 e. The van der Waals surface area contributed by atoms with E-state index in [9.17, 15) is 61.0 Å². The van der Waals surface area contributed by atoms with Gasteiger partial charge in [0.2, 0.25) is 5.91 Å². The Morgan fingerprint density at radius 2 is 0.620 bits per heavy atom. The zero-order chi connectivity index (χ0) is 78.1. The fourth-order valence-corrected chi connectivity index (χ4v) is 14.9. The molecule has 19 heteroatoms. The van der Waals surface area contributed by atoms with Crippen LogP contribution in [-0.2, 0) is 33.2 Å². The number of nitrogens with one attached hydrogen (secondary N) is 1. The van der Waals surface area contributed by atoms with E-state index in [0.29, 0.717) is 12.8 Å². The molecule has 17 atom stereocenters. The van der Waals surface area contributed by atoms with Crippen LogP contribution in [0.15, 0.2) is 60.8 Å². The lowest BCUT2D eigenvalue weighted by Gasteiger charge is -2.48. The van der Waals surface area contributed by atoms with Crippen LogP contribution in [0.1, 0.15) is 367 Å².